The molecule has 0 bridgehead atoms. The number of rotatable bonds is 2. The zero-order valence-electron chi connectivity index (χ0n) is 11.8. The highest BCUT2D eigenvalue weighted by Gasteiger charge is 2.24. The van der Waals surface area contributed by atoms with Crippen LogP contribution in [0.3, 0.4) is 0 Å². The Hall–Kier alpha value is -2.28. The van der Waals surface area contributed by atoms with Crippen molar-refractivity contribution in [3.05, 3.63) is 30.0 Å². The van der Waals surface area contributed by atoms with Gasteiger partial charge in [-0.25, -0.2) is 9.50 Å². The molecule has 0 aliphatic carbocycles. The first-order valence-corrected chi connectivity index (χ1v) is 7.16. The monoisotopic (exact) mass is 284 g/mol. The number of nitrogens with zero attached hydrogens (tertiary/aromatic N) is 5. The average molecular weight is 284 g/mol. The van der Waals surface area contributed by atoms with Gasteiger partial charge in [0.15, 0.2) is 5.76 Å². The van der Waals surface area contributed by atoms with Crippen molar-refractivity contribution < 1.29 is 4.52 Å². The Kier molecular flexibility index (Phi) is 2.92. The quantitative estimate of drug-likeness (QED) is 0.769. The lowest BCUT2D eigenvalue weighted by atomic mass is 9.91. The highest BCUT2D eigenvalue weighted by Crippen LogP contribution is 2.33. The maximum absolute atomic E-state index is 5.44. The number of hydrogen-bond acceptors (Lipinski definition) is 6. The van der Waals surface area contributed by atoms with E-state index in [1.165, 1.54) is 0 Å². The lowest BCUT2D eigenvalue weighted by Gasteiger charge is -2.24. The predicted molar refractivity (Wildman–Crippen MR) is 75.9 cm³/mol. The molecule has 4 heterocycles. The van der Waals surface area contributed by atoms with Crippen molar-refractivity contribution in [2.75, 3.05) is 13.1 Å². The van der Waals surface area contributed by atoms with Crippen LogP contribution in [-0.2, 0) is 0 Å². The largest absolute Gasteiger partial charge is 0.356 e. The van der Waals surface area contributed by atoms with E-state index in [0.717, 1.165) is 48.6 Å². The zero-order valence-corrected chi connectivity index (χ0v) is 11.8. The molecule has 7 heteroatoms. The normalized spacial score (nSPS) is 16.6. The smallest absolute Gasteiger partial charge is 0.252 e. The first kappa shape index (κ1) is 12.5. The number of aromatic nitrogens is 5. The van der Waals surface area contributed by atoms with Crippen LogP contribution in [0.1, 0.15) is 30.1 Å². The molecule has 0 radical (unpaired) electrons. The number of piperidine rings is 1. The summed E-state index contributed by atoms with van der Waals surface area (Å²) in [7, 11) is 0. The molecule has 1 saturated heterocycles. The molecule has 3 aromatic heterocycles. The fraction of sp³-hybridized carbons (Fsp3) is 0.429. The van der Waals surface area contributed by atoms with Gasteiger partial charge in [-0.2, -0.15) is 10.1 Å². The standard InChI is InChI=1S/C14H16N6O/c1-9-6-12(21-19-9)11-7-16-14-17-8-18-20(14)13(11)10-2-4-15-5-3-10/h6-8,10,15H,2-5H2,1H3. The molecule has 0 atom stereocenters. The van der Waals surface area contributed by atoms with Crippen molar-refractivity contribution in [2.24, 2.45) is 0 Å². The molecule has 0 spiro atoms. The summed E-state index contributed by atoms with van der Waals surface area (Å²) in [6.07, 6.45) is 5.50. The van der Waals surface area contributed by atoms with E-state index >= 15 is 0 Å². The van der Waals surface area contributed by atoms with Crippen molar-refractivity contribution in [1.82, 2.24) is 30.1 Å². The van der Waals surface area contributed by atoms with Gasteiger partial charge < -0.3 is 9.84 Å². The van der Waals surface area contributed by atoms with Crippen LogP contribution in [0.4, 0.5) is 0 Å². The van der Waals surface area contributed by atoms with Gasteiger partial charge in [0.25, 0.3) is 5.78 Å². The third kappa shape index (κ3) is 2.09. The summed E-state index contributed by atoms with van der Waals surface area (Å²) >= 11 is 0. The number of hydrogen-bond donors (Lipinski definition) is 1. The van der Waals surface area contributed by atoms with Crippen LogP contribution in [0.2, 0.25) is 0 Å². The van der Waals surface area contributed by atoms with Gasteiger partial charge in [-0.05, 0) is 32.9 Å². The minimum absolute atomic E-state index is 0.416. The van der Waals surface area contributed by atoms with Crippen molar-refractivity contribution in [3.63, 3.8) is 0 Å². The Balaban J connectivity index is 1.92. The second kappa shape index (κ2) is 4.92. The van der Waals surface area contributed by atoms with E-state index in [1.54, 1.807) is 6.33 Å². The summed E-state index contributed by atoms with van der Waals surface area (Å²) in [5.41, 5.74) is 2.94. The fourth-order valence-electron chi connectivity index (χ4n) is 2.96. The second-order valence-corrected chi connectivity index (χ2v) is 5.39. The highest BCUT2D eigenvalue weighted by molar-refractivity contribution is 5.62. The van der Waals surface area contributed by atoms with E-state index in [0.29, 0.717) is 11.7 Å². The van der Waals surface area contributed by atoms with Gasteiger partial charge in [0.1, 0.15) is 6.33 Å². The minimum Gasteiger partial charge on any atom is -0.356 e. The van der Waals surface area contributed by atoms with Gasteiger partial charge in [-0.1, -0.05) is 5.16 Å². The van der Waals surface area contributed by atoms with Crippen molar-refractivity contribution in [1.29, 1.82) is 0 Å². The lowest BCUT2D eigenvalue weighted by Crippen LogP contribution is -2.28. The van der Waals surface area contributed by atoms with Gasteiger partial charge in [0.2, 0.25) is 0 Å². The van der Waals surface area contributed by atoms with Gasteiger partial charge in [-0.3, -0.25) is 0 Å². The lowest BCUT2D eigenvalue weighted by molar-refractivity contribution is 0.421. The number of nitrogens with one attached hydrogen (secondary N) is 1. The summed E-state index contributed by atoms with van der Waals surface area (Å²) in [6.45, 7) is 3.94. The summed E-state index contributed by atoms with van der Waals surface area (Å²) in [4.78, 5) is 8.56. The molecule has 7 nitrogen and oxygen atoms in total. The van der Waals surface area contributed by atoms with E-state index in [4.69, 9.17) is 4.52 Å². The molecule has 108 valence electrons. The first-order chi connectivity index (χ1) is 10.3. The molecule has 3 aromatic rings. The van der Waals surface area contributed by atoms with Crippen molar-refractivity contribution >= 4 is 5.78 Å². The molecule has 1 aliphatic heterocycles. The molecule has 0 amide bonds. The molecule has 1 aliphatic rings. The van der Waals surface area contributed by atoms with Crippen LogP contribution in [-0.4, -0.2) is 37.8 Å². The predicted octanol–water partition coefficient (Wildman–Crippen LogP) is 1.55. The average Bonchev–Trinajstić information content (AvgIpc) is 3.15. The molecular formula is C14H16N6O. The molecular weight excluding hydrogens is 268 g/mol. The number of aryl methyl sites for hydroxylation is 1. The Morgan fingerprint density at radius 3 is 2.90 bits per heavy atom. The maximum atomic E-state index is 5.44. The van der Waals surface area contributed by atoms with E-state index in [1.807, 2.05) is 23.7 Å². The van der Waals surface area contributed by atoms with Crippen molar-refractivity contribution in [2.45, 2.75) is 25.7 Å². The zero-order chi connectivity index (χ0) is 14.2. The molecule has 0 unspecified atom stereocenters. The van der Waals surface area contributed by atoms with Crippen LogP contribution in [0, 0.1) is 6.92 Å². The molecule has 1 fully saturated rings. The Morgan fingerprint density at radius 1 is 1.29 bits per heavy atom. The Bertz CT molecular complexity index is 771. The number of fused-ring (bicyclic) bond motifs is 1. The van der Waals surface area contributed by atoms with Crippen LogP contribution < -0.4 is 5.32 Å². The third-order valence-corrected chi connectivity index (χ3v) is 3.96. The van der Waals surface area contributed by atoms with E-state index in [-0.39, 0.29) is 0 Å². The van der Waals surface area contributed by atoms with E-state index in [2.05, 4.69) is 25.5 Å². The summed E-state index contributed by atoms with van der Waals surface area (Å²) in [6, 6.07) is 1.93. The minimum atomic E-state index is 0.416. The van der Waals surface area contributed by atoms with Crippen LogP contribution >= 0.6 is 0 Å². The van der Waals surface area contributed by atoms with Crippen LogP contribution in [0.25, 0.3) is 17.1 Å². The second-order valence-electron chi connectivity index (χ2n) is 5.39. The fourth-order valence-corrected chi connectivity index (χ4v) is 2.96. The van der Waals surface area contributed by atoms with Crippen molar-refractivity contribution in [3.8, 4) is 11.3 Å². The van der Waals surface area contributed by atoms with Crippen LogP contribution in [0.15, 0.2) is 23.1 Å². The topological polar surface area (TPSA) is 81.1 Å². The third-order valence-electron chi connectivity index (χ3n) is 3.96. The summed E-state index contributed by atoms with van der Waals surface area (Å²) < 4.78 is 7.28. The van der Waals surface area contributed by atoms with Gasteiger partial charge in [0.05, 0.1) is 17.0 Å². The molecule has 4 rings (SSSR count). The maximum Gasteiger partial charge on any atom is 0.252 e. The summed E-state index contributed by atoms with van der Waals surface area (Å²) in [5, 5.41) is 11.7. The molecule has 1 N–H and O–H groups in total. The van der Waals surface area contributed by atoms with E-state index in [9.17, 15) is 0 Å². The van der Waals surface area contributed by atoms with Gasteiger partial charge in [0, 0.05) is 18.2 Å². The highest BCUT2D eigenvalue weighted by atomic mass is 16.5. The molecule has 21 heavy (non-hydrogen) atoms. The summed E-state index contributed by atoms with van der Waals surface area (Å²) in [5.74, 6) is 1.79. The Morgan fingerprint density at radius 2 is 2.14 bits per heavy atom. The molecule has 0 aromatic carbocycles. The Labute approximate surface area is 121 Å². The van der Waals surface area contributed by atoms with Gasteiger partial charge in [-0.15, -0.1) is 0 Å². The molecule has 0 saturated carbocycles. The van der Waals surface area contributed by atoms with Gasteiger partial charge >= 0.3 is 0 Å². The van der Waals surface area contributed by atoms with Crippen LogP contribution in [0.5, 0.6) is 0 Å². The SMILES string of the molecule is Cc1cc(-c2cnc3ncnn3c2C2CCNCC2)on1. The first-order valence-electron chi connectivity index (χ1n) is 7.16. The van der Waals surface area contributed by atoms with E-state index < -0.39 is 0 Å².